The van der Waals surface area contributed by atoms with Gasteiger partial charge in [0.15, 0.2) is 6.61 Å². The Bertz CT molecular complexity index is 962. The van der Waals surface area contributed by atoms with Crippen LogP contribution in [0.3, 0.4) is 0 Å². The first-order valence-corrected chi connectivity index (χ1v) is 9.06. The molecule has 0 radical (unpaired) electrons. The van der Waals surface area contributed by atoms with Gasteiger partial charge in [-0.05, 0) is 48.6 Å². The summed E-state index contributed by atoms with van der Waals surface area (Å²) in [4.78, 5) is 35.9. The molecule has 0 unspecified atom stereocenters. The molecule has 1 aliphatic rings. The summed E-state index contributed by atoms with van der Waals surface area (Å²) in [6.45, 7) is 0.819. The van der Waals surface area contributed by atoms with Gasteiger partial charge in [0.2, 0.25) is 0 Å². The van der Waals surface area contributed by atoms with E-state index in [4.69, 9.17) is 4.74 Å². The lowest BCUT2D eigenvalue weighted by Crippen LogP contribution is -2.48. The summed E-state index contributed by atoms with van der Waals surface area (Å²) in [6.07, 6.45) is 1.79. The zero-order valence-corrected chi connectivity index (χ0v) is 15.5. The average molecular weight is 379 g/mol. The summed E-state index contributed by atoms with van der Waals surface area (Å²) in [5.41, 5.74) is -0.508. The number of esters is 1. The van der Waals surface area contributed by atoms with Crippen molar-refractivity contribution in [2.24, 2.45) is 5.92 Å². The van der Waals surface area contributed by atoms with Crippen LogP contribution in [0.5, 0.6) is 0 Å². The number of amides is 2. The predicted octanol–water partition coefficient (Wildman–Crippen LogP) is 1.92. The Labute approximate surface area is 162 Å². The number of hydrogen-bond acceptors (Lipinski definition) is 5. The molecular formula is C21H21N3O4. The van der Waals surface area contributed by atoms with Crippen molar-refractivity contribution in [2.75, 3.05) is 13.2 Å². The minimum atomic E-state index is -0.937. The van der Waals surface area contributed by atoms with Crippen LogP contribution >= 0.6 is 0 Å². The van der Waals surface area contributed by atoms with E-state index in [1.165, 1.54) is 0 Å². The van der Waals surface area contributed by atoms with Crippen LogP contribution in [-0.4, -0.2) is 36.5 Å². The highest BCUT2D eigenvalue weighted by molar-refractivity contribution is 5.99. The Morgan fingerprint density at radius 1 is 1.18 bits per heavy atom. The number of carbonyl (C=O) groups is 3. The zero-order chi connectivity index (χ0) is 20.1. The van der Waals surface area contributed by atoms with Gasteiger partial charge in [-0.15, -0.1) is 0 Å². The molecule has 0 spiro atoms. The molecule has 3 rings (SSSR count). The van der Waals surface area contributed by atoms with Crippen LogP contribution in [0.4, 0.5) is 0 Å². The van der Waals surface area contributed by atoms with Crippen molar-refractivity contribution in [1.29, 1.82) is 5.26 Å². The van der Waals surface area contributed by atoms with Crippen LogP contribution < -0.4 is 10.6 Å². The van der Waals surface area contributed by atoms with Gasteiger partial charge in [0, 0.05) is 5.56 Å². The average Bonchev–Trinajstić information content (AvgIpc) is 3.56. The Morgan fingerprint density at radius 3 is 2.57 bits per heavy atom. The van der Waals surface area contributed by atoms with Crippen LogP contribution in [0.1, 0.15) is 30.1 Å². The Morgan fingerprint density at radius 2 is 1.89 bits per heavy atom. The monoisotopic (exact) mass is 379 g/mol. The molecule has 0 aliphatic heterocycles. The van der Waals surface area contributed by atoms with Crippen molar-refractivity contribution < 1.29 is 19.1 Å². The van der Waals surface area contributed by atoms with Gasteiger partial charge < -0.3 is 15.4 Å². The third kappa shape index (κ3) is 4.65. The van der Waals surface area contributed by atoms with E-state index in [1.807, 2.05) is 30.3 Å². The normalized spacial score (nSPS) is 15.1. The standard InChI is InChI=1S/C21H21N3O4/c1-21(13-22,17-8-9-17)24-18(25)12-28-19(26)11-23-20(27)16-7-6-14-4-2-3-5-15(14)10-16/h2-7,10,17H,8-9,11-12H2,1H3,(H,23,27)(H,24,25)/t21-/m0/s1. The lowest BCUT2D eigenvalue weighted by atomic mass is 9.98. The highest BCUT2D eigenvalue weighted by Gasteiger charge is 2.43. The summed E-state index contributed by atoms with van der Waals surface area (Å²) in [5, 5.41) is 16.2. The van der Waals surface area contributed by atoms with Gasteiger partial charge in [-0.1, -0.05) is 30.3 Å². The number of rotatable bonds is 7. The van der Waals surface area contributed by atoms with Crippen LogP contribution in [-0.2, 0) is 14.3 Å². The summed E-state index contributed by atoms with van der Waals surface area (Å²) < 4.78 is 4.88. The van der Waals surface area contributed by atoms with Crippen molar-refractivity contribution in [3.8, 4) is 6.07 Å². The van der Waals surface area contributed by atoms with Gasteiger partial charge in [-0.3, -0.25) is 14.4 Å². The number of nitriles is 1. The van der Waals surface area contributed by atoms with Crippen LogP contribution in [0.25, 0.3) is 10.8 Å². The van der Waals surface area contributed by atoms with Crippen LogP contribution in [0.2, 0.25) is 0 Å². The van der Waals surface area contributed by atoms with Crippen molar-refractivity contribution in [2.45, 2.75) is 25.3 Å². The molecule has 2 amide bonds. The molecule has 0 saturated heterocycles. The van der Waals surface area contributed by atoms with E-state index >= 15 is 0 Å². The maximum Gasteiger partial charge on any atom is 0.325 e. The third-order valence-electron chi connectivity index (χ3n) is 4.79. The molecule has 1 saturated carbocycles. The minimum absolute atomic E-state index is 0.137. The van der Waals surface area contributed by atoms with Crippen molar-refractivity contribution in [1.82, 2.24) is 10.6 Å². The third-order valence-corrected chi connectivity index (χ3v) is 4.79. The molecule has 2 N–H and O–H groups in total. The first kappa shape index (κ1) is 19.4. The van der Waals surface area contributed by atoms with Crippen molar-refractivity contribution in [3.63, 3.8) is 0 Å². The molecule has 7 nitrogen and oxygen atoms in total. The number of nitrogens with one attached hydrogen (secondary N) is 2. The van der Waals surface area contributed by atoms with E-state index in [2.05, 4.69) is 16.7 Å². The largest absolute Gasteiger partial charge is 0.454 e. The van der Waals surface area contributed by atoms with E-state index in [0.29, 0.717) is 5.56 Å². The van der Waals surface area contributed by atoms with Gasteiger partial charge in [0.25, 0.3) is 11.8 Å². The van der Waals surface area contributed by atoms with E-state index in [0.717, 1.165) is 23.6 Å². The van der Waals surface area contributed by atoms with Crippen molar-refractivity contribution >= 4 is 28.6 Å². The highest BCUT2D eigenvalue weighted by Crippen LogP contribution is 2.39. The second-order valence-electron chi connectivity index (χ2n) is 7.04. The number of carbonyl (C=O) groups excluding carboxylic acids is 3. The minimum Gasteiger partial charge on any atom is -0.454 e. The molecule has 2 aromatic rings. The van der Waals surface area contributed by atoms with Gasteiger partial charge in [0.1, 0.15) is 12.1 Å². The van der Waals surface area contributed by atoms with E-state index in [-0.39, 0.29) is 12.5 Å². The molecule has 28 heavy (non-hydrogen) atoms. The lowest BCUT2D eigenvalue weighted by Gasteiger charge is -2.22. The van der Waals surface area contributed by atoms with Gasteiger partial charge in [-0.25, -0.2) is 0 Å². The maximum absolute atomic E-state index is 12.2. The molecule has 1 atom stereocenters. The highest BCUT2D eigenvalue weighted by atomic mass is 16.5. The van der Waals surface area contributed by atoms with Crippen LogP contribution in [0.15, 0.2) is 42.5 Å². The van der Waals surface area contributed by atoms with Crippen LogP contribution in [0, 0.1) is 17.2 Å². The lowest BCUT2D eigenvalue weighted by molar-refractivity contribution is -0.147. The molecule has 0 bridgehead atoms. The first-order valence-electron chi connectivity index (χ1n) is 9.06. The summed E-state index contributed by atoms with van der Waals surface area (Å²) in [6, 6.07) is 15.0. The Kier molecular flexibility index (Phi) is 5.59. The van der Waals surface area contributed by atoms with Gasteiger partial charge in [0.05, 0.1) is 6.07 Å². The molecular weight excluding hydrogens is 358 g/mol. The van der Waals surface area contributed by atoms with Gasteiger partial charge >= 0.3 is 5.97 Å². The first-order chi connectivity index (χ1) is 13.4. The van der Waals surface area contributed by atoms with Gasteiger partial charge in [-0.2, -0.15) is 5.26 Å². The van der Waals surface area contributed by atoms with E-state index in [9.17, 15) is 19.6 Å². The van der Waals surface area contributed by atoms with E-state index < -0.39 is 29.9 Å². The number of benzene rings is 2. The number of fused-ring (bicyclic) bond motifs is 1. The fraction of sp³-hybridized carbons (Fsp3) is 0.333. The zero-order valence-electron chi connectivity index (χ0n) is 15.5. The quantitative estimate of drug-likeness (QED) is 0.715. The van der Waals surface area contributed by atoms with E-state index in [1.54, 1.807) is 19.1 Å². The molecule has 0 aromatic heterocycles. The SMILES string of the molecule is C[C@@](C#N)(NC(=O)COC(=O)CNC(=O)c1ccc2ccccc2c1)C1CC1. The number of hydrogen-bond donors (Lipinski definition) is 2. The second kappa shape index (κ2) is 8.09. The molecule has 1 fully saturated rings. The Balaban J connectivity index is 1.45. The predicted molar refractivity (Wildman–Crippen MR) is 102 cm³/mol. The topological polar surface area (TPSA) is 108 Å². The molecule has 7 heteroatoms. The smallest absolute Gasteiger partial charge is 0.325 e. The van der Waals surface area contributed by atoms with Crippen molar-refractivity contribution in [3.05, 3.63) is 48.0 Å². The summed E-state index contributed by atoms with van der Waals surface area (Å²) in [7, 11) is 0. The summed E-state index contributed by atoms with van der Waals surface area (Å²) >= 11 is 0. The fourth-order valence-corrected chi connectivity index (χ4v) is 2.99. The maximum atomic E-state index is 12.2. The second-order valence-corrected chi connectivity index (χ2v) is 7.04. The molecule has 0 heterocycles. The number of nitrogens with zero attached hydrogens (tertiary/aromatic N) is 1. The fourth-order valence-electron chi connectivity index (χ4n) is 2.99. The summed E-state index contributed by atoms with van der Waals surface area (Å²) in [5.74, 6) is -1.53. The molecule has 144 valence electrons. The number of ether oxygens (including phenoxy) is 1. The molecule has 1 aliphatic carbocycles. The molecule has 2 aromatic carbocycles. The Hall–Kier alpha value is -3.40.